The summed E-state index contributed by atoms with van der Waals surface area (Å²) < 4.78 is 5.81. The van der Waals surface area contributed by atoms with E-state index in [2.05, 4.69) is 20.6 Å². The van der Waals surface area contributed by atoms with Crippen LogP contribution in [0.25, 0.3) is 11.6 Å². The standard InChI is InChI=1S/C21H18N4O3/c1-2-22-20(27)17-18(26)16(28-21(17)25-14-7-4-3-5-8-14)11-13-12-24-19-15(13)9-6-10-23-19/h3-12,25-26H,2H2,1H3,(H,22,27). The van der Waals surface area contributed by atoms with Crippen molar-refractivity contribution in [2.45, 2.75) is 6.92 Å². The maximum absolute atomic E-state index is 12.5. The van der Waals surface area contributed by atoms with Crippen LogP contribution >= 0.6 is 0 Å². The third-order valence-corrected chi connectivity index (χ3v) is 4.22. The monoisotopic (exact) mass is 374 g/mol. The molecule has 3 heterocycles. The number of aromatic hydroxyl groups is 1. The molecule has 0 fully saturated rings. The van der Waals surface area contributed by atoms with E-state index in [1.165, 1.54) is 0 Å². The summed E-state index contributed by atoms with van der Waals surface area (Å²) in [6, 6.07) is 13.0. The van der Waals surface area contributed by atoms with Gasteiger partial charge in [0.2, 0.25) is 5.88 Å². The van der Waals surface area contributed by atoms with Gasteiger partial charge in [0.15, 0.2) is 17.3 Å². The minimum Gasteiger partial charge on any atom is -0.504 e. The Bertz CT molecular complexity index is 1080. The summed E-state index contributed by atoms with van der Waals surface area (Å²) in [6.07, 6.45) is 4.96. The number of pyridine rings is 1. The average molecular weight is 374 g/mol. The topological polar surface area (TPSA) is 99.8 Å². The molecule has 140 valence electrons. The Balaban J connectivity index is 1.77. The maximum Gasteiger partial charge on any atom is 0.260 e. The van der Waals surface area contributed by atoms with E-state index in [9.17, 15) is 9.90 Å². The molecule has 7 heteroatoms. The number of allylic oxidation sites excluding steroid dienone is 1. The number of fused-ring (bicyclic) bond motifs is 1. The van der Waals surface area contributed by atoms with Gasteiger partial charge in [-0.3, -0.25) is 4.79 Å². The van der Waals surface area contributed by atoms with E-state index in [0.29, 0.717) is 12.4 Å². The molecule has 0 saturated heterocycles. The normalized spacial score (nSPS) is 13.5. The molecule has 28 heavy (non-hydrogen) atoms. The van der Waals surface area contributed by atoms with E-state index in [1.54, 1.807) is 25.4 Å². The second kappa shape index (κ2) is 7.40. The fraction of sp³-hybridized carbons (Fsp3) is 0.0952. The van der Waals surface area contributed by atoms with Gasteiger partial charge < -0.3 is 20.2 Å². The van der Waals surface area contributed by atoms with E-state index in [4.69, 9.17) is 4.42 Å². The van der Waals surface area contributed by atoms with Gasteiger partial charge in [0, 0.05) is 35.8 Å². The molecule has 3 N–H and O–H groups in total. The van der Waals surface area contributed by atoms with Crippen molar-refractivity contribution in [3.05, 3.63) is 65.5 Å². The zero-order valence-electron chi connectivity index (χ0n) is 15.1. The third kappa shape index (κ3) is 3.25. The largest absolute Gasteiger partial charge is 0.504 e. The molecular formula is C21H18N4O3. The number of benzene rings is 1. The molecule has 1 aliphatic heterocycles. The summed E-state index contributed by atoms with van der Waals surface area (Å²) in [5.41, 5.74) is 2.35. The SMILES string of the molecule is CCNC(=O)c1c(Nc2ccccc2)oc(C=C2C=Nc3ncccc32)c1O. The first-order valence-electron chi connectivity index (χ1n) is 8.84. The zero-order valence-corrected chi connectivity index (χ0v) is 15.1. The summed E-state index contributed by atoms with van der Waals surface area (Å²) in [6.45, 7) is 2.23. The maximum atomic E-state index is 12.5. The Morgan fingerprint density at radius 3 is 2.82 bits per heavy atom. The third-order valence-electron chi connectivity index (χ3n) is 4.22. The lowest BCUT2D eigenvalue weighted by Gasteiger charge is -2.06. The first-order valence-corrected chi connectivity index (χ1v) is 8.84. The van der Waals surface area contributed by atoms with Crippen LogP contribution in [0, 0.1) is 0 Å². The molecule has 0 unspecified atom stereocenters. The van der Waals surface area contributed by atoms with Crippen LogP contribution in [0.2, 0.25) is 0 Å². The van der Waals surface area contributed by atoms with Crippen molar-refractivity contribution in [1.29, 1.82) is 0 Å². The van der Waals surface area contributed by atoms with Crippen LogP contribution in [0.3, 0.4) is 0 Å². The van der Waals surface area contributed by atoms with Gasteiger partial charge in [-0.25, -0.2) is 9.98 Å². The van der Waals surface area contributed by atoms with Gasteiger partial charge in [-0.05, 0) is 37.3 Å². The predicted molar refractivity (Wildman–Crippen MR) is 108 cm³/mol. The molecule has 1 aliphatic rings. The molecule has 2 aromatic heterocycles. The summed E-state index contributed by atoms with van der Waals surface area (Å²) in [4.78, 5) is 20.9. The molecule has 0 aliphatic carbocycles. The first kappa shape index (κ1) is 17.5. The molecular weight excluding hydrogens is 356 g/mol. The number of furan rings is 1. The van der Waals surface area contributed by atoms with Crippen LogP contribution in [-0.2, 0) is 0 Å². The highest BCUT2D eigenvalue weighted by molar-refractivity contribution is 6.21. The lowest BCUT2D eigenvalue weighted by Crippen LogP contribution is -2.23. The Hall–Kier alpha value is -3.87. The summed E-state index contributed by atoms with van der Waals surface area (Å²) in [5, 5.41) is 16.4. The van der Waals surface area contributed by atoms with E-state index in [0.717, 1.165) is 16.8 Å². The van der Waals surface area contributed by atoms with E-state index >= 15 is 0 Å². The highest BCUT2D eigenvalue weighted by Gasteiger charge is 2.26. The number of nitrogens with one attached hydrogen (secondary N) is 2. The van der Waals surface area contributed by atoms with Crippen molar-refractivity contribution in [3.8, 4) is 5.75 Å². The van der Waals surface area contributed by atoms with Crippen LogP contribution < -0.4 is 10.6 Å². The lowest BCUT2D eigenvalue weighted by molar-refractivity contribution is 0.0954. The van der Waals surface area contributed by atoms with Gasteiger partial charge in [-0.15, -0.1) is 0 Å². The summed E-state index contributed by atoms with van der Waals surface area (Å²) in [5.74, 6) is 0.281. The second-order valence-corrected chi connectivity index (χ2v) is 6.10. The Morgan fingerprint density at radius 2 is 2.04 bits per heavy atom. The molecule has 1 amide bonds. The van der Waals surface area contributed by atoms with E-state index in [-0.39, 0.29) is 23.0 Å². The number of carbonyl (C=O) groups excluding carboxylic acids is 1. The molecule has 4 rings (SSSR count). The highest BCUT2D eigenvalue weighted by atomic mass is 16.4. The van der Waals surface area contributed by atoms with Gasteiger partial charge in [-0.2, -0.15) is 0 Å². The molecule has 0 atom stereocenters. The van der Waals surface area contributed by atoms with Crippen LogP contribution in [0.15, 0.2) is 58.1 Å². The predicted octanol–water partition coefficient (Wildman–Crippen LogP) is 4.13. The molecule has 0 bridgehead atoms. The van der Waals surface area contributed by atoms with Gasteiger partial charge in [-0.1, -0.05) is 18.2 Å². The zero-order chi connectivity index (χ0) is 19.5. The van der Waals surface area contributed by atoms with Crippen LogP contribution in [-0.4, -0.2) is 28.8 Å². The second-order valence-electron chi connectivity index (χ2n) is 6.10. The quantitative estimate of drug-likeness (QED) is 0.623. The fourth-order valence-electron chi connectivity index (χ4n) is 2.92. The number of nitrogens with zero attached hydrogens (tertiary/aromatic N) is 2. The summed E-state index contributed by atoms with van der Waals surface area (Å²) >= 11 is 0. The number of anilines is 2. The number of amides is 1. The number of para-hydroxylation sites is 1. The van der Waals surface area contributed by atoms with Gasteiger partial charge >= 0.3 is 0 Å². The Kier molecular flexibility index (Phi) is 4.63. The fourth-order valence-corrected chi connectivity index (χ4v) is 2.92. The Labute approximate surface area is 161 Å². The number of aromatic nitrogens is 1. The lowest BCUT2D eigenvalue weighted by atomic mass is 10.1. The molecule has 0 saturated carbocycles. The van der Waals surface area contributed by atoms with Crippen LogP contribution in [0.5, 0.6) is 5.75 Å². The molecule has 7 nitrogen and oxygen atoms in total. The van der Waals surface area contributed by atoms with Crippen LogP contribution in [0.1, 0.15) is 28.6 Å². The van der Waals surface area contributed by atoms with Crippen molar-refractivity contribution in [2.75, 3.05) is 11.9 Å². The minimum absolute atomic E-state index is 0.0545. The van der Waals surface area contributed by atoms with Crippen molar-refractivity contribution >= 4 is 41.2 Å². The van der Waals surface area contributed by atoms with Crippen molar-refractivity contribution in [1.82, 2.24) is 10.3 Å². The van der Waals surface area contributed by atoms with Crippen molar-refractivity contribution < 1.29 is 14.3 Å². The number of carbonyl (C=O) groups is 1. The number of hydrogen-bond acceptors (Lipinski definition) is 6. The molecule has 0 radical (unpaired) electrons. The van der Waals surface area contributed by atoms with E-state index < -0.39 is 5.91 Å². The first-order chi connectivity index (χ1) is 13.7. The molecule has 3 aromatic rings. The number of hydrogen-bond donors (Lipinski definition) is 3. The van der Waals surface area contributed by atoms with Crippen molar-refractivity contribution in [3.63, 3.8) is 0 Å². The van der Waals surface area contributed by atoms with Crippen molar-refractivity contribution in [2.24, 2.45) is 4.99 Å². The molecule has 0 spiro atoms. The summed E-state index contributed by atoms with van der Waals surface area (Å²) in [7, 11) is 0. The minimum atomic E-state index is -0.422. The van der Waals surface area contributed by atoms with Gasteiger partial charge in [0.25, 0.3) is 5.91 Å². The molecule has 1 aromatic carbocycles. The van der Waals surface area contributed by atoms with Gasteiger partial charge in [0.1, 0.15) is 5.56 Å². The average Bonchev–Trinajstić information content (AvgIpc) is 3.24. The van der Waals surface area contributed by atoms with E-state index in [1.807, 2.05) is 42.5 Å². The smallest absolute Gasteiger partial charge is 0.260 e. The number of rotatable bonds is 5. The highest BCUT2D eigenvalue weighted by Crippen LogP contribution is 2.38. The van der Waals surface area contributed by atoms with Gasteiger partial charge in [0.05, 0.1) is 0 Å². The van der Waals surface area contributed by atoms with Crippen LogP contribution in [0.4, 0.5) is 17.4 Å². The number of aliphatic imine (C=N–C) groups is 1. The Morgan fingerprint density at radius 1 is 1.21 bits per heavy atom.